The number of hydrogen-bond acceptors (Lipinski definition) is 2. The van der Waals surface area contributed by atoms with Crippen LogP contribution in [0.2, 0.25) is 0 Å². The lowest BCUT2D eigenvalue weighted by molar-refractivity contribution is -0.662. The van der Waals surface area contributed by atoms with Crippen molar-refractivity contribution in [2.24, 2.45) is 0 Å². The number of hydrogen-bond donors (Lipinski definition) is 1. The minimum absolute atomic E-state index is 0.541. The van der Waals surface area contributed by atoms with Crippen LogP contribution in [0.15, 0.2) is 61.2 Å². The monoisotopic (exact) mass is 298 g/mol. The molecule has 0 amide bonds. The summed E-state index contributed by atoms with van der Waals surface area (Å²) in [6, 6.07) is 16.2. The summed E-state index contributed by atoms with van der Waals surface area (Å²) in [4.78, 5) is 0. The van der Waals surface area contributed by atoms with E-state index in [0.717, 1.165) is 35.7 Å². The second-order valence-corrected chi connectivity index (χ2v) is 4.97. The molecule has 0 aliphatic rings. The molecule has 0 spiro atoms. The van der Waals surface area contributed by atoms with Crippen LogP contribution in [0.25, 0.3) is 0 Å². The largest absolute Gasteiger partial charge is 0.490 e. The van der Waals surface area contributed by atoms with Crippen molar-refractivity contribution < 1.29 is 14.8 Å². The Morgan fingerprint density at radius 1 is 1.05 bits per heavy atom. The first-order valence-corrected chi connectivity index (χ1v) is 7.69. The van der Waals surface area contributed by atoms with Crippen LogP contribution in [-0.2, 0) is 13.2 Å². The van der Waals surface area contributed by atoms with Crippen molar-refractivity contribution in [1.29, 1.82) is 0 Å². The van der Waals surface area contributed by atoms with Gasteiger partial charge in [0.1, 0.15) is 13.2 Å². The predicted molar refractivity (Wildman–Crippen MR) is 89.1 cm³/mol. The molecular weight excluding hydrogens is 274 g/mol. The fraction of sp³-hybridized carbons (Fsp3) is 0.263. The molecule has 0 fully saturated rings. The summed E-state index contributed by atoms with van der Waals surface area (Å²) in [6.45, 7) is 8.63. The Morgan fingerprint density at radius 2 is 1.86 bits per heavy atom. The third-order valence-corrected chi connectivity index (χ3v) is 3.28. The maximum absolute atomic E-state index is 6.07. The molecule has 0 bridgehead atoms. The zero-order chi connectivity index (χ0) is 15.6. The second kappa shape index (κ2) is 8.90. The smallest absolute Gasteiger partial charge is 0.170 e. The van der Waals surface area contributed by atoms with Crippen molar-refractivity contribution in [1.82, 2.24) is 0 Å². The van der Waals surface area contributed by atoms with E-state index in [-0.39, 0.29) is 0 Å². The summed E-state index contributed by atoms with van der Waals surface area (Å²) in [5.41, 5.74) is 2.29. The van der Waals surface area contributed by atoms with Gasteiger partial charge in [0.2, 0.25) is 0 Å². The molecule has 2 N–H and O–H groups in total. The van der Waals surface area contributed by atoms with Crippen molar-refractivity contribution in [3.63, 3.8) is 0 Å². The van der Waals surface area contributed by atoms with Gasteiger partial charge < -0.3 is 14.8 Å². The van der Waals surface area contributed by atoms with Gasteiger partial charge in [-0.1, -0.05) is 43.0 Å². The van der Waals surface area contributed by atoms with Crippen LogP contribution < -0.4 is 14.8 Å². The highest BCUT2D eigenvalue weighted by Crippen LogP contribution is 2.31. The normalized spacial score (nSPS) is 10.2. The quantitative estimate of drug-likeness (QED) is 0.570. The third kappa shape index (κ3) is 4.64. The molecule has 2 rings (SSSR count). The Labute approximate surface area is 132 Å². The van der Waals surface area contributed by atoms with Gasteiger partial charge in [0.25, 0.3) is 0 Å². The lowest BCUT2D eigenvalue weighted by atomic mass is 10.1. The molecule has 0 heterocycles. The number of ether oxygens (including phenoxy) is 2. The molecule has 116 valence electrons. The van der Waals surface area contributed by atoms with E-state index in [4.69, 9.17) is 9.47 Å². The maximum Gasteiger partial charge on any atom is 0.170 e. The maximum atomic E-state index is 6.07. The minimum atomic E-state index is 0.541. The van der Waals surface area contributed by atoms with E-state index in [9.17, 15) is 0 Å². The second-order valence-electron chi connectivity index (χ2n) is 4.97. The van der Waals surface area contributed by atoms with Crippen LogP contribution >= 0.6 is 0 Å². The van der Waals surface area contributed by atoms with Gasteiger partial charge in [0.15, 0.2) is 11.5 Å². The van der Waals surface area contributed by atoms with Crippen molar-refractivity contribution in [3.8, 4) is 11.5 Å². The summed E-state index contributed by atoms with van der Waals surface area (Å²) in [5.74, 6) is 1.65. The molecule has 3 heteroatoms. The van der Waals surface area contributed by atoms with Crippen LogP contribution in [-0.4, -0.2) is 13.2 Å². The summed E-state index contributed by atoms with van der Waals surface area (Å²) >= 11 is 0. The van der Waals surface area contributed by atoms with E-state index in [0.29, 0.717) is 13.2 Å². The van der Waals surface area contributed by atoms with E-state index in [2.05, 4.69) is 30.1 Å². The average Bonchev–Trinajstić information content (AvgIpc) is 2.55. The SMILES string of the molecule is C=CC[NH2+]Cc1cccc(OCC)c1OCc1ccccc1. The Bertz CT molecular complexity index is 581. The van der Waals surface area contributed by atoms with Crippen LogP contribution in [0.4, 0.5) is 0 Å². The summed E-state index contributed by atoms with van der Waals surface area (Å²) in [6.07, 6.45) is 1.90. The first-order valence-electron chi connectivity index (χ1n) is 7.69. The van der Waals surface area contributed by atoms with Gasteiger partial charge in [-0.2, -0.15) is 0 Å². The van der Waals surface area contributed by atoms with Gasteiger partial charge in [-0.3, -0.25) is 0 Å². The van der Waals surface area contributed by atoms with E-state index in [1.807, 2.05) is 43.3 Å². The highest BCUT2D eigenvalue weighted by Gasteiger charge is 2.12. The molecule has 0 atom stereocenters. The summed E-state index contributed by atoms with van der Waals surface area (Å²) in [7, 11) is 0. The molecule has 0 saturated carbocycles. The van der Waals surface area contributed by atoms with Gasteiger partial charge in [-0.25, -0.2) is 0 Å². The van der Waals surface area contributed by atoms with Crippen LogP contribution in [0.5, 0.6) is 11.5 Å². The molecule has 2 aromatic carbocycles. The molecule has 0 saturated heterocycles. The first-order chi connectivity index (χ1) is 10.8. The van der Waals surface area contributed by atoms with Gasteiger partial charge >= 0.3 is 0 Å². The molecule has 0 unspecified atom stereocenters. The van der Waals surface area contributed by atoms with Gasteiger partial charge in [0, 0.05) is 0 Å². The Balaban J connectivity index is 2.15. The number of para-hydroxylation sites is 1. The van der Waals surface area contributed by atoms with E-state index in [1.54, 1.807) is 0 Å². The first kappa shape index (κ1) is 16.1. The highest BCUT2D eigenvalue weighted by atomic mass is 16.5. The van der Waals surface area contributed by atoms with Crippen molar-refractivity contribution >= 4 is 0 Å². The molecule has 22 heavy (non-hydrogen) atoms. The van der Waals surface area contributed by atoms with E-state index < -0.39 is 0 Å². The third-order valence-electron chi connectivity index (χ3n) is 3.28. The van der Waals surface area contributed by atoms with Gasteiger partial charge in [-0.05, 0) is 30.7 Å². The van der Waals surface area contributed by atoms with Crippen LogP contribution in [0.1, 0.15) is 18.1 Å². The minimum Gasteiger partial charge on any atom is -0.490 e. The lowest BCUT2D eigenvalue weighted by Gasteiger charge is -2.15. The highest BCUT2D eigenvalue weighted by molar-refractivity contribution is 5.46. The number of rotatable bonds is 9. The Kier molecular flexibility index (Phi) is 6.52. The summed E-state index contributed by atoms with van der Waals surface area (Å²) < 4.78 is 11.8. The molecule has 2 aromatic rings. The average molecular weight is 298 g/mol. The van der Waals surface area contributed by atoms with E-state index in [1.165, 1.54) is 0 Å². The molecule has 0 aliphatic heterocycles. The fourth-order valence-corrected chi connectivity index (χ4v) is 2.24. The van der Waals surface area contributed by atoms with Gasteiger partial charge in [0.05, 0.1) is 18.7 Å². The van der Waals surface area contributed by atoms with Crippen LogP contribution in [0, 0.1) is 0 Å². The number of benzene rings is 2. The van der Waals surface area contributed by atoms with Gasteiger partial charge in [-0.15, -0.1) is 0 Å². The van der Waals surface area contributed by atoms with E-state index >= 15 is 0 Å². The number of quaternary nitrogens is 1. The standard InChI is InChI=1S/C19H23NO2/c1-3-13-20-14-17-11-8-12-18(21-4-2)19(17)22-15-16-9-6-5-7-10-16/h3,5-12,20H,1,4,13-15H2,2H3/p+1. The van der Waals surface area contributed by atoms with Crippen LogP contribution in [0.3, 0.4) is 0 Å². The lowest BCUT2D eigenvalue weighted by Crippen LogP contribution is -2.82. The van der Waals surface area contributed by atoms with Crippen molar-refractivity contribution in [2.75, 3.05) is 13.2 Å². The summed E-state index contributed by atoms with van der Waals surface area (Å²) in [5, 5.41) is 2.19. The van der Waals surface area contributed by atoms with Crippen molar-refractivity contribution in [2.45, 2.75) is 20.1 Å². The molecule has 0 aliphatic carbocycles. The Morgan fingerprint density at radius 3 is 2.59 bits per heavy atom. The Hall–Kier alpha value is -2.26. The molecule has 3 nitrogen and oxygen atoms in total. The zero-order valence-corrected chi connectivity index (χ0v) is 13.1. The molecular formula is C19H24NO2+. The number of nitrogens with two attached hydrogens (primary N) is 1. The topological polar surface area (TPSA) is 35.1 Å². The molecule has 0 aromatic heterocycles. The zero-order valence-electron chi connectivity index (χ0n) is 13.1. The predicted octanol–water partition coefficient (Wildman–Crippen LogP) is 2.91. The fourth-order valence-electron chi connectivity index (χ4n) is 2.24. The van der Waals surface area contributed by atoms with Crippen molar-refractivity contribution in [3.05, 3.63) is 72.3 Å². The molecule has 0 radical (unpaired) electrons.